The number of carbonyl (C=O) groups excluding carboxylic acids is 1. The predicted molar refractivity (Wildman–Crippen MR) is 45.5 cm³/mol. The van der Waals surface area contributed by atoms with Crippen molar-refractivity contribution < 1.29 is 4.79 Å². The van der Waals surface area contributed by atoms with E-state index in [1.807, 2.05) is 0 Å². The molecule has 0 aromatic rings. The highest BCUT2D eigenvalue weighted by Crippen LogP contribution is 2.47. The van der Waals surface area contributed by atoms with Crippen LogP contribution in [0.1, 0.15) is 32.1 Å². The van der Waals surface area contributed by atoms with Gasteiger partial charge in [-0.25, -0.2) is 0 Å². The fourth-order valence-corrected chi connectivity index (χ4v) is 3.56. The molecule has 3 fully saturated rings. The molecule has 1 amide bonds. The summed E-state index contributed by atoms with van der Waals surface area (Å²) in [7, 11) is 0. The molecule has 0 spiro atoms. The third kappa shape index (κ3) is 0.900. The lowest BCUT2D eigenvalue weighted by Crippen LogP contribution is -2.35. The second-order valence-corrected chi connectivity index (χ2v) is 4.81. The molecule has 2 heteroatoms. The third-order valence-corrected chi connectivity index (χ3v) is 3.92. The van der Waals surface area contributed by atoms with Crippen molar-refractivity contribution in [3.8, 4) is 0 Å². The molecule has 2 aliphatic carbocycles. The molecule has 12 heavy (non-hydrogen) atoms. The van der Waals surface area contributed by atoms with Crippen molar-refractivity contribution in [3.05, 3.63) is 0 Å². The minimum atomic E-state index is 0.313. The van der Waals surface area contributed by atoms with Gasteiger partial charge in [-0.2, -0.15) is 0 Å². The SMILES string of the molecule is O=C1CC2CC3CC(C2)C(C3)N1. The molecule has 3 rings (SSSR count). The third-order valence-electron chi connectivity index (χ3n) is 3.92. The number of rotatable bonds is 0. The first kappa shape index (κ1) is 6.93. The van der Waals surface area contributed by atoms with Crippen molar-refractivity contribution in [1.82, 2.24) is 5.32 Å². The number of hydrogen-bond acceptors (Lipinski definition) is 1. The van der Waals surface area contributed by atoms with Crippen LogP contribution in [0.4, 0.5) is 0 Å². The molecule has 66 valence electrons. The number of hydrogen-bond donors (Lipinski definition) is 1. The Morgan fingerprint density at radius 2 is 1.92 bits per heavy atom. The van der Waals surface area contributed by atoms with Crippen LogP contribution in [0.5, 0.6) is 0 Å². The zero-order valence-corrected chi connectivity index (χ0v) is 7.25. The Hall–Kier alpha value is -0.530. The molecule has 4 atom stereocenters. The topological polar surface area (TPSA) is 29.1 Å². The van der Waals surface area contributed by atoms with E-state index in [-0.39, 0.29) is 0 Å². The zero-order valence-electron chi connectivity index (χ0n) is 7.25. The van der Waals surface area contributed by atoms with Gasteiger partial charge in [0.25, 0.3) is 0 Å². The Bertz CT molecular complexity index is 224. The van der Waals surface area contributed by atoms with Crippen molar-refractivity contribution in [3.63, 3.8) is 0 Å². The van der Waals surface area contributed by atoms with E-state index in [2.05, 4.69) is 5.32 Å². The maximum atomic E-state index is 11.3. The van der Waals surface area contributed by atoms with Crippen LogP contribution in [0.25, 0.3) is 0 Å². The molecular weight excluding hydrogens is 150 g/mol. The van der Waals surface area contributed by atoms with Crippen LogP contribution >= 0.6 is 0 Å². The van der Waals surface area contributed by atoms with Crippen LogP contribution in [0, 0.1) is 17.8 Å². The first-order valence-electron chi connectivity index (χ1n) is 5.10. The minimum Gasteiger partial charge on any atom is -0.353 e. The van der Waals surface area contributed by atoms with E-state index < -0.39 is 0 Å². The molecule has 0 aromatic carbocycles. The molecule has 0 radical (unpaired) electrons. The van der Waals surface area contributed by atoms with Gasteiger partial charge in [0.15, 0.2) is 0 Å². The van der Waals surface area contributed by atoms with Crippen molar-refractivity contribution in [2.45, 2.75) is 38.1 Å². The van der Waals surface area contributed by atoms with Crippen LogP contribution in [0.2, 0.25) is 0 Å². The lowest BCUT2D eigenvalue weighted by atomic mass is 9.80. The van der Waals surface area contributed by atoms with Gasteiger partial charge in [0.1, 0.15) is 0 Å². The highest BCUT2D eigenvalue weighted by molar-refractivity contribution is 5.77. The van der Waals surface area contributed by atoms with Gasteiger partial charge in [-0.15, -0.1) is 0 Å². The first-order valence-corrected chi connectivity index (χ1v) is 5.10. The molecular formula is C10H15NO. The fourth-order valence-electron chi connectivity index (χ4n) is 3.56. The standard InChI is InChI=1S/C10H15NO/c12-10-5-7-1-6-2-8(3-7)9(4-6)11-10/h6-9H,1-5H2,(H,11,12). The summed E-state index contributed by atoms with van der Waals surface area (Å²) in [5.41, 5.74) is 0. The average Bonchev–Trinajstić information content (AvgIpc) is 2.20. The van der Waals surface area contributed by atoms with Crippen LogP contribution in [0.15, 0.2) is 0 Å². The molecule has 1 aliphatic heterocycles. The quantitative estimate of drug-likeness (QED) is 0.576. The average molecular weight is 165 g/mol. The minimum absolute atomic E-state index is 0.313. The van der Waals surface area contributed by atoms with E-state index in [0.29, 0.717) is 11.9 Å². The van der Waals surface area contributed by atoms with E-state index in [1.54, 1.807) is 0 Å². The molecule has 2 saturated carbocycles. The molecule has 0 aromatic heterocycles. The Morgan fingerprint density at radius 3 is 2.83 bits per heavy atom. The predicted octanol–water partition coefficient (Wildman–Crippen LogP) is 1.31. The van der Waals surface area contributed by atoms with Gasteiger partial charge < -0.3 is 5.32 Å². The van der Waals surface area contributed by atoms with Crippen molar-refractivity contribution in [2.75, 3.05) is 0 Å². The summed E-state index contributed by atoms with van der Waals surface area (Å²) >= 11 is 0. The number of fused-ring (bicyclic) bond motifs is 2. The second-order valence-electron chi connectivity index (χ2n) is 4.81. The highest BCUT2D eigenvalue weighted by atomic mass is 16.1. The van der Waals surface area contributed by atoms with Crippen LogP contribution < -0.4 is 5.32 Å². The summed E-state index contributed by atoms with van der Waals surface area (Å²) in [6, 6.07) is 0.551. The van der Waals surface area contributed by atoms with Gasteiger partial charge in [-0.05, 0) is 43.4 Å². The Labute approximate surface area is 72.7 Å². The van der Waals surface area contributed by atoms with Gasteiger partial charge in [0, 0.05) is 12.5 Å². The van der Waals surface area contributed by atoms with Gasteiger partial charge >= 0.3 is 0 Å². The van der Waals surface area contributed by atoms with Crippen molar-refractivity contribution in [1.29, 1.82) is 0 Å². The van der Waals surface area contributed by atoms with Crippen LogP contribution in [0.3, 0.4) is 0 Å². The first-order chi connectivity index (χ1) is 5.81. The molecule has 1 saturated heterocycles. The maximum Gasteiger partial charge on any atom is 0.220 e. The van der Waals surface area contributed by atoms with Crippen molar-refractivity contribution >= 4 is 5.91 Å². The molecule has 4 unspecified atom stereocenters. The van der Waals surface area contributed by atoms with E-state index in [9.17, 15) is 4.79 Å². The smallest absolute Gasteiger partial charge is 0.220 e. The molecule has 3 bridgehead atoms. The molecule has 1 heterocycles. The summed E-state index contributed by atoms with van der Waals surface area (Å²) in [4.78, 5) is 11.3. The largest absolute Gasteiger partial charge is 0.353 e. The molecule has 1 N–H and O–H groups in total. The van der Waals surface area contributed by atoms with Crippen LogP contribution in [-0.4, -0.2) is 11.9 Å². The summed E-state index contributed by atoms with van der Waals surface area (Å²) in [6.45, 7) is 0. The molecule has 3 aliphatic rings. The Morgan fingerprint density at radius 1 is 1.08 bits per heavy atom. The maximum absolute atomic E-state index is 11.3. The summed E-state index contributed by atoms with van der Waals surface area (Å²) in [5.74, 6) is 2.81. The summed E-state index contributed by atoms with van der Waals surface area (Å²) in [5, 5.41) is 3.16. The summed E-state index contributed by atoms with van der Waals surface area (Å²) < 4.78 is 0. The molecule has 2 nitrogen and oxygen atoms in total. The van der Waals surface area contributed by atoms with E-state index >= 15 is 0 Å². The second kappa shape index (κ2) is 2.24. The lowest BCUT2D eigenvalue weighted by molar-refractivity contribution is -0.122. The van der Waals surface area contributed by atoms with Gasteiger partial charge in [-0.3, -0.25) is 4.79 Å². The highest BCUT2D eigenvalue weighted by Gasteiger charge is 2.44. The summed E-state index contributed by atoms with van der Waals surface area (Å²) in [6.07, 6.45) is 6.12. The monoisotopic (exact) mass is 165 g/mol. The lowest BCUT2D eigenvalue weighted by Gasteiger charge is -2.25. The number of amides is 1. The van der Waals surface area contributed by atoms with Crippen molar-refractivity contribution in [2.24, 2.45) is 17.8 Å². The van der Waals surface area contributed by atoms with Gasteiger partial charge in [-0.1, -0.05) is 0 Å². The van der Waals surface area contributed by atoms with Gasteiger partial charge in [0.2, 0.25) is 5.91 Å². The fraction of sp³-hybridized carbons (Fsp3) is 0.900. The number of nitrogens with one attached hydrogen (secondary N) is 1. The Kier molecular flexibility index (Phi) is 1.29. The van der Waals surface area contributed by atoms with Gasteiger partial charge in [0.05, 0.1) is 0 Å². The van der Waals surface area contributed by atoms with Crippen LogP contribution in [-0.2, 0) is 4.79 Å². The van der Waals surface area contributed by atoms with E-state index in [0.717, 1.165) is 24.2 Å². The normalized spacial score (nSPS) is 50.5. The van der Waals surface area contributed by atoms with E-state index in [1.165, 1.54) is 25.7 Å². The zero-order chi connectivity index (χ0) is 8.13. The Balaban J connectivity index is 1.92. The van der Waals surface area contributed by atoms with E-state index in [4.69, 9.17) is 0 Å². The number of carbonyl (C=O) groups is 1.